The summed E-state index contributed by atoms with van der Waals surface area (Å²) in [5.74, 6) is -0.186. The van der Waals surface area contributed by atoms with Crippen molar-refractivity contribution in [1.82, 2.24) is 19.7 Å². The molecule has 0 fully saturated rings. The number of carbonyl (C=O) groups excluding carboxylic acids is 1. The van der Waals surface area contributed by atoms with E-state index < -0.39 is 0 Å². The summed E-state index contributed by atoms with van der Waals surface area (Å²) < 4.78 is 1.82. The number of imidazole rings is 1. The number of carbonyl (C=O) groups is 1. The van der Waals surface area contributed by atoms with E-state index in [0.717, 1.165) is 10.7 Å². The van der Waals surface area contributed by atoms with E-state index in [9.17, 15) is 4.79 Å². The molecule has 0 unspecified atom stereocenters. The third kappa shape index (κ3) is 2.10. The Morgan fingerprint density at radius 3 is 3.17 bits per heavy atom. The molecule has 0 atom stereocenters. The van der Waals surface area contributed by atoms with Crippen LogP contribution in [0.1, 0.15) is 15.5 Å². The number of rotatable bonds is 3. The normalized spacial score (nSPS) is 10.7. The number of amides is 1. The molecule has 0 aliphatic heterocycles. The maximum Gasteiger partial charge on any atom is 0.271 e. The smallest absolute Gasteiger partial charge is 0.271 e. The minimum atomic E-state index is -0.186. The van der Waals surface area contributed by atoms with Crippen molar-refractivity contribution in [2.24, 2.45) is 0 Å². The minimum Gasteiger partial charge on any atom is -0.344 e. The lowest BCUT2D eigenvalue weighted by Gasteiger charge is -1.98. The van der Waals surface area contributed by atoms with Crippen molar-refractivity contribution in [2.45, 2.75) is 6.54 Å². The molecule has 0 radical (unpaired) electrons. The van der Waals surface area contributed by atoms with Crippen molar-refractivity contribution in [3.63, 3.8) is 0 Å². The Hall–Kier alpha value is -2.21. The molecule has 5 nitrogen and oxygen atoms in total. The van der Waals surface area contributed by atoms with Gasteiger partial charge in [0.15, 0.2) is 0 Å². The van der Waals surface area contributed by atoms with Crippen LogP contribution in [0.25, 0.3) is 5.65 Å². The Kier molecular flexibility index (Phi) is 2.77. The zero-order valence-electron chi connectivity index (χ0n) is 9.41. The monoisotopic (exact) mass is 258 g/mol. The van der Waals surface area contributed by atoms with Crippen LogP contribution in [0.5, 0.6) is 0 Å². The Morgan fingerprint density at radius 2 is 2.39 bits per heavy atom. The summed E-state index contributed by atoms with van der Waals surface area (Å²) in [5.41, 5.74) is 1.18. The summed E-state index contributed by atoms with van der Waals surface area (Å²) in [6.45, 7) is 0.435. The highest BCUT2D eigenvalue weighted by molar-refractivity contribution is 7.09. The van der Waals surface area contributed by atoms with Gasteiger partial charge < -0.3 is 9.72 Å². The zero-order valence-corrected chi connectivity index (χ0v) is 10.2. The van der Waals surface area contributed by atoms with Gasteiger partial charge in [-0.2, -0.15) is 0 Å². The molecule has 3 aromatic heterocycles. The quantitative estimate of drug-likeness (QED) is 0.778. The predicted octanol–water partition coefficient (Wildman–Crippen LogP) is 1.72. The van der Waals surface area contributed by atoms with E-state index in [1.807, 2.05) is 34.2 Å². The Bertz CT molecular complexity index is 641. The first-order valence-electron chi connectivity index (χ1n) is 5.43. The van der Waals surface area contributed by atoms with Gasteiger partial charge in [-0.1, -0.05) is 6.07 Å². The van der Waals surface area contributed by atoms with Crippen LogP contribution < -0.4 is 5.32 Å². The van der Waals surface area contributed by atoms with Crippen molar-refractivity contribution in [3.8, 4) is 0 Å². The van der Waals surface area contributed by atoms with Gasteiger partial charge >= 0.3 is 0 Å². The lowest BCUT2D eigenvalue weighted by molar-refractivity contribution is 0.0946. The lowest BCUT2D eigenvalue weighted by Crippen LogP contribution is -2.22. The van der Waals surface area contributed by atoms with Crippen LogP contribution >= 0.6 is 11.3 Å². The fourth-order valence-corrected chi connectivity index (χ4v) is 2.19. The molecular weight excluding hydrogens is 248 g/mol. The number of fused-ring (bicyclic) bond motifs is 1. The van der Waals surface area contributed by atoms with Gasteiger partial charge in [0.2, 0.25) is 0 Å². The van der Waals surface area contributed by atoms with Gasteiger partial charge in [0.25, 0.3) is 5.91 Å². The van der Waals surface area contributed by atoms with Crippen molar-refractivity contribution in [1.29, 1.82) is 0 Å². The van der Waals surface area contributed by atoms with E-state index in [1.54, 1.807) is 12.4 Å². The Balaban J connectivity index is 1.75. The van der Waals surface area contributed by atoms with Crippen molar-refractivity contribution >= 4 is 22.9 Å². The molecule has 0 aromatic carbocycles. The molecule has 6 heteroatoms. The summed E-state index contributed by atoms with van der Waals surface area (Å²) in [6, 6.07) is 5.64. The van der Waals surface area contributed by atoms with Crippen LogP contribution in [0, 0.1) is 0 Å². The second kappa shape index (κ2) is 4.58. The third-order valence-electron chi connectivity index (χ3n) is 2.48. The highest BCUT2D eigenvalue weighted by Crippen LogP contribution is 2.06. The van der Waals surface area contributed by atoms with Crippen LogP contribution in [0.2, 0.25) is 0 Å². The number of aromatic nitrogens is 3. The highest BCUT2D eigenvalue weighted by Gasteiger charge is 2.10. The lowest BCUT2D eigenvalue weighted by atomic mass is 10.4. The maximum absolute atomic E-state index is 11.9. The molecule has 18 heavy (non-hydrogen) atoms. The predicted molar refractivity (Wildman–Crippen MR) is 68.5 cm³/mol. The molecule has 0 saturated heterocycles. The minimum absolute atomic E-state index is 0.186. The molecule has 0 spiro atoms. The molecule has 1 N–H and O–H groups in total. The Labute approximate surface area is 107 Å². The third-order valence-corrected chi connectivity index (χ3v) is 3.26. The molecule has 0 saturated carbocycles. The summed E-state index contributed by atoms with van der Waals surface area (Å²) >= 11 is 1.51. The van der Waals surface area contributed by atoms with E-state index in [2.05, 4.69) is 15.3 Å². The number of hydrogen-bond acceptors (Lipinski definition) is 4. The molecule has 0 aliphatic carbocycles. The number of thiazole rings is 1. The van der Waals surface area contributed by atoms with Gasteiger partial charge in [-0.25, -0.2) is 9.97 Å². The summed E-state index contributed by atoms with van der Waals surface area (Å²) in [7, 11) is 0. The average Bonchev–Trinajstić information content (AvgIpc) is 3.04. The first kappa shape index (κ1) is 10.9. The molecule has 3 aromatic rings. The number of hydrogen-bond donors (Lipinski definition) is 1. The molecule has 1 amide bonds. The summed E-state index contributed by atoms with van der Waals surface area (Å²) in [4.78, 5) is 20.2. The van der Waals surface area contributed by atoms with Crippen molar-refractivity contribution in [2.75, 3.05) is 0 Å². The standard InChI is InChI=1S/C12H10N4OS/c17-12(14-7-11-13-4-6-18-11)9-8-16-5-2-1-3-10(16)15-9/h1-6,8H,7H2,(H,14,17). The van der Waals surface area contributed by atoms with Crippen LogP contribution in [0.3, 0.4) is 0 Å². The van der Waals surface area contributed by atoms with E-state index in [1.165, 1.54) is 11.3 Å². The van der Waals surface area contributed by atoms with Gasteiger partial charge in [0.05, 0.1) is 6.54 Å². The van der Waals surface area contributed by atoms with Gasteiger partial charge in [0.1, 0.15) is 16.3 Å². The van der Waals surface area contributed by atoms with E-state index in [4.69, 9.17) is 0 Å². The maximum atomic E-state index is 11.9. The Morgan fingerprint density at radius 1 is 1.44 bits per heavy atom. The molecule has 0 aliphatic rings. The van der Waals surface area contributed by atoms with Gasteiger partial charge in [-0.05, 0) is 12.1 Å². The van der Waals surface area contributed by atoms with Crippen LogP contribution in [-0.4, -0.2) is 20.3 Å². The number of nitrogens with zero attached hydrogens (tertiary/aromatic N) is 3. The molecule has 3 heterocycles. The SMILES string of the molecule is O=C(NCc1nccs1)c1cn2ccccc2n1. The van der Waals surface area contributed by atoms with Gasteiger partial charge in [-0.3, -0.25) is 4.79 Å². The first-order chi connectivity index (χ1) is 8.83. The van der Waals surface area contributed by atoms with Crippen LogP contribution in [-0.2, 0) is 6.54 Å². The molecular formula is C12H10N4OS. The van der Waals surface area contributed by atoms with E-state index in [-0.39, 0.29) is 5.91 Å². The second-order valence-electron chi connectivity index (χ2n) is 3.70. The second-order valence-corrected chi connectivity index (χ2v) is 4.68. The van der Waals surface area contributed by atoms with Gasteiger partial charge in [-0.15, -0.1) is 11.3 Å². The fourth-order valence-electron chi connectivity index (χ4n) is 1.63. The zero-order chi connectivity index (χ0) is 12.4. The molecule has 90 valence electrons. The van der Waals surface area contributed by atoms with E-state index in [0.29, 0.717) is 12.2 Å². The highest BCUT2D eigenvalue weighted by atomic mass is 32.1. The number of pyridine rings is 1. The van der Waals surface area contributed by atoms with Crippen molar-refractivity contribution < 1.29 is 4.79 Å². The fraction of sp³-hybridized carbons (Fsp3) is 0.0833. The molecule has 3 rings (SSSR count). The average molecular weight is 258 g/mol. The summed E-state index contributed by atoms with van der Waals surface area (Å²) in [5, 5.41) is 5.56. The topological polar surface area (TPSA) is 59.3 Å². The van der Waals surface area contributed by atoms with E-state index >= 15 is 0 Å². The number of nitrogens with one attached hydrogen (secondary N) is 1. The largest absolute Gasteiger partial charge is 0.344 e. The van der Waals surface area contributed by atoms with Crippen molar-refractivity contribution in [3.05, 3.63) is 52.9 Å². The first-order valence-corrected chi connectivity index (χ1v) is 6.31. The van der Waals surface area contributed by atoms with Gasteiger partial charge in [0, 0.05) is 24.0 Å². The summed E-state index contributed by atoms with van der Waals surface area (Å²) in [6.07, 6.45) is 5.30. The molecule has 0 bridgehead atoms. The van der Waals surface area contributed by atoms with Crippen LogP contribution in [0.4, 0.5) is 0 Å². The van der Waals surface area contributed by atoms with Crippen LogP contribution in [0.15, 0.2) is 42.2 Å².